The molecule has 15 heavy (non-hydrogen) atoms. The summed E-state index contributed by atoms with van der Waals surface area (Å²) in [6.07, 6.45) is 0.0567. The molecule has 2 fully saturated rings. The fourth-order valence-corrected chi connectivity index (χ4v) is 1.98. The first kappa shape index (κ1) is 11.2. The van der Waals surface area contributed by atoms with Crippen LogP contribution < -0.4 is 4.72 Å². The topological polar surface area (TPSA) is 50.8 Å². The van der Waals surface area contributed by atoms with Crippen molar-refractivity contribution in [3.8, 4) is 0 Å². The number of nitrogens with one attached hydrogen (secondary N) is 1. The van der Waals surface area contributed by atoms with E-state index in [-0.39, 0.29) is 17.9 Å². The van der Waals surface area contributed by atoms with Gasteiger partial charge in [-0.1, -0.05) is 12.8 Å². The van der Waals surface area contributed by atoms with Crippen molar-refractivity contribution < 1.29 is 14.3 Å². The van der Waals surface area contributed by atoms with Crippen molar-refractivity contribution in [2.24, 2.45) is 5.92 Å². The maximum absolute atomic E-state index is 11.9. The zero-order valence-corrected chi connectivity index (χ0v) is 9.41. The van der Waals surface area contributed by atoms with Crippen LogP contribution in [0, 0.1) is 5.92 Å². The third-order valence-electron chi connectivity index (χ3n) is 2.76. The molecule has 2 saturated heterocycles. The Morgan fingerprint density at radius 2 is 2.33 bits per heavy atom. The van der Waals surface area contributed by atoms with Gasteiger partial charge in [0.05, 0.1) is 31.8 Å². The fourth-order valence-electron chi connectivity index (χ4n) is 1.78. The molecule has 0 saturated carbocycles. The van der Waals surface area contributed by atoms with E-state index in [4.69, 9.17) is 9.47 Å². The number of morpholine rings is 1. The summed E-state index contributed by atoms with van der Waals surface area (Å²) in [5.41, 5.74) is 0. The molecule has 2 aliphatic rings. The predicted molar refractivity (Wildman–Crippen MR) is 57.6 cm³/mol. The Balaban J connectivity index is 1.83. The molecule has 2 heterocycles. The molecule has 2 aliphatic heterocycles. The Labute approximate surface area is 94.6 Å². The van der Waals surface area contributed by atoms with Crippen LogP contribution in [0.5, 0.6) is 0 Å². The van der Waals surface area contributed by atoms with Gasteiger partial charge in [-0.3, -0.25) is 9.52 Å². The van der Waals surface area contributed by atoms with Crippen molar-refractivity contribution in [3.63, 3.8) is 0 Å². The molecule has 1 N–H and O–H groups in total. The van der Waals surface area contributed by atoms with E-state index in [9.17, 15) is 4.79 Å². The number of nitrogens with zero attached hydrogens (tertiary/aromatic N) is 1. The molecule has 0 unspecified atom stereocenters. The molecule has 0 aromatic carbocycles. The van der Waals surface area contributed by atoms with Crippen LogP contribution in [0.4, 0.5) is 0 Å². The van der Waals surface area contributed by atoms with Crippen molar-refractivity contribution in [2.75, 3.05) is 39.5 Å². The quantitative estimate of drug-likeness (QED) is 0.632. The number of rotatable bonds is 3. The first-order chi connectivity index (χ1) is 7.31. The summed E-state index contributed by atoms with van der Waals surface area (Å²) >= 11 is 3.93. The molecule has 1 atom stereocenters. The summed E-state index contributed by atoms with van der Waals surface area (Å²) in [5, 5.41) is 0. The van der Waals surface area contributed by atoms with Gasteiger partial charge in [0.15, 0.2) is 0 Å². The minimum atomic E-state index is 0.0567. The third-order valence-corrected chi connectivity index (χ3v) is 2.94. The summed E-state index contributed by atoms with van der Waals surface area (Å²) in [7, 11) is 0. The van der Waals surface area contributed by atoms with Crippen LogP contribution in [-0.4, -0.2) is 56.4 Å². The standard InChI is InChI=1S/C9H16N2O3S/c12-9(7-5-13-6-7)11-1-2-14-8(4-11)3-10-15/h7-8,10,15H,1-6H2/t8-/m0/s1. The van der Waals surface area contributed by atoms with E-state index in [0.29, 0.717) is 39.5 Å². The van der Waals surface area contributed by atoms with Gasteiger partial charge in [0, 0.05) is 19.6 Å². The summed E-state index contributed by atoms with van der Waals surface area (Å²) in [4.78, 5) is 13.7. The Morgan fingerprint density at radius 1 is 1.53 bits per heavy atom. The SMILES string of the molecule is O=C(C1COC1)N1CCO[C@@H](CNS)C1. The van der Waals surface area contributed by atoms with Crippen LogP contribution in [0.2, 0.25) is 0 Å². The predicted octanol–water partition coefficient (Wildman–Crippen LogP) is -0.705. The highest BCUT2D eigenvalue weighted by molar-refractivity contribution is 7.78. The number of ether oxygens (including phenoxy) is 2. The van der Waals surface area contributed by atoms with Crippen LogP contribution in [0.3, 0.4) is 0 Å². The van der Waals surface area contributed by atoms with Gasteiger partial charge in [0.1, 0.15) is 0 Å². The number of thiol groups is 1. The second-order valence-corrected chi connectivity index (χ2v) is 4.19. The summed E-state index contributed by atoms with van der Waals surface area (Å²) in [5.74, 6) is 0.279. The molecule has 0 spiro atoms. The number of hydrogen-bond acceptors (Lipinski definition) is 5. The average Bonchev–Trinajstić information content (AvgIpc) is 2.16. The second kappa shape index (κ2) is 5.16. The highest BCUT2D eigenvalue weighted by Crippen LogP contribution is 2.16. The van der Waals surface area contributed by atoms with Gasteiger partial charge in [0.2, 0.25) is 5.91 Å². The van der Waals surface area contributed by atoms with Gasteiger partial charge in [-0.05, 0) is 0 Å². The Hall–Kier alpha value is -0.300. The normalized spacial score (nSPS) is 27.5. The molecule has 5 nitrogen and oxygen atoms in total. The molecule has 2 rings (SSSR count). The lowest BCUT2D eigenvalue weighted by Crippen LogP contribution is -2.52. The molecule has 1 amide bonds. The zero-order valence-electron chi connectivity index (χ0n) is 8.52. The lowest BCUT2D eigenvalue weighted by Gasteiger charge is -2.37. The van der Waals surface area contributed by atoms with Gasteiger partial charge in [-0.25, -0.2) is 0 Å². The van der Waals surface area contributed by atoms with Gasteiger partial charge in [-0.15, -0.1) is 0 Å². The number of carbonyl (C=O) groups is 1. The maximum atomic E-state index is 11.9. The minimum Gasteiger partial charge on any atom is -0.380 e. The van der Waals surface area contributed by atoms with E-state index in [1.165, 1.54) is 0 Å². The van der Waals surface area contributed by atoms with Crippen LogP contribution >= 0.6 is 12.8 Å². The van der Waals surface area contributed by atoms with E-state index in [1.54, 1.807) is 0 Å². The van der Waals surface area contributed by atoms with E-state index in [2.05, 4.69) is 17.5 Å². The monoisotopic (exact) mass is 232 g/mol. The largest absolute Gasteiger partial charge is 0.380 e. The Bertz CT molecular complexity index is 233. The molecule has 0 bridgehead atoms. The van der Waals surface area contributed by atoms with Crippen molar-refractivity contribution in [1.82, 2.24) is 9.62 Å². The van der Waals surface area contributed by atoms with Crippen molar-refractivity contribution in [1.29, 1.82) is 0 Å². The van der Waals surface area contributed by atoms with Crippen LogP contribution in [0.15, 0.2) is 0 Å². The number of hydrogen-bond donors (Lipinski definition) is 2. The van der Waals surface area contributed by atoms with Gasteiger partial charge in [-0.2, -0.15) is 0 Å². The van der Waals surface area contributed by atoms with Gasteiger partial charge < -0.3 is 14.4 Å². The van der Waals surface area contributed by atoms with Crippen LogP contribution in [0.25, 0.3) is 0 Å². The highest BCUT2D eigenvalue weighted by atomic mass is 32.1. The van der Waals surface area contributed by atoms with Gasteiger partial charge in [0.25, 0.3) is 0 Å². The summed E-state index contributed by atoms with van der Waals surface area (Å²) < 4.78 is 13.3. The summed E-state index contributed by atoms with van der Waals surface area (Å²) in [6, 6.07) is 0. The van der Waals surface area contributed by atoms with E-state index < -0.39 is 0 Å². The van der Waals surface area contributed by atoms with Crippen molar-refractivity contribution >= 4 is 18.7 Å². The minimum absolute atomic E-state index is 0.0567. The van der Waals surface area contributed by atoms with Crippen LogP contribution in [0.1, 0.15) is 0 Å². The van der Waals surface area contributed by atoms with Crippen LogP contribution in [-0.2, 0) is 14.3 Å². The average molecular weight is 232 g/mol. The molecule has 0 aromatic rings. The smallest absolute Gasteiger partial charge is 0.230 e. The number of carbonyl (C=O) groups excluding carboxylic acids is 1. The first-order valence-corrected chi connectivity index (χ1v) is 5.61. The highest BCUT2D eigenvalue weighted by Gasteiger charge is 2.33. The van der Waals surface area contributed by atoms with Gasteiger partial charge >= 0.3 is 0 Å². The van der Waals surface area contributed by atoms with Crippen molar-refractivity contribution in [2.45, 2.75) is 6.10 Å². The van der Waals surface area contributed by atoms with E-state index in [1.807, 2.05) is 4.90 Å². The molecule has 6 heteroatoms. The summed E-state index contributed by atoms with van der Waals surface area (Å²) in [6.45, 7) is 3.77. The maximum Gasteiger partial charge on any atom is 0.230 e. The lowest BCUT2D eigenvalue weighted by molar-refractivity contribution is -0.156. The third kappa shape index (κ3) is 2.63. The van der Waals surface area contributed by atoms with Crippen molar-refractivity contribution in [3.05, 3.63) is 0 Å². The molecule has 0 radical (unpaired) electrons. The Kier molecular flexibility index (Phi) is 3.85. The Morgan fingerprint density at radius 3 is 2.93 bits per heavy atom. The molecule has 0 aromatic heterocycles. The fraction of sp³-hybridized carbons (Fsp3) is 0.889. The van der Waals surface area contributed by atoms with E-state index >= 15 is 0 Å². The van der Waals surface area contributed by atoms with E-state index in [0.717, 1.165) is 0 Å². The zero-order chi connectivity index (χ0) is 10.7. The molecular formula is C9H16N2O3S. The second-order valence-electron chi connectivity index (χ2n) is 3.87. The molecule has 0 aliphatic carbocycles. The number of amides is 1. The molecule has 86 valence electrons. The first-order valence-electron chi connectivity index (χ1n) is 5.16. The molecular weight excluding hydrogens is 216 g/mol. The lowest BCUT2D eigenvalue weighted by atomic mass is 10.1.